The topological polar surface area (TPSA) is 4.93 Å². The second kappa shape index (κ2) is 9.58. The van der Waals surface area contributed by atoms with E-state index in [-0.39, 0.29) is 0 Å². The van der Waals surface area contributed by atoms with E-state index in [1.807, 2.05) is 0 Å². The Balaban J connectivity index is 1.48. The van der Waals surface area contributed by atoms with E-state index in [9.17, 15) is 0 Å². The van der Waals surface area contributed by atoms with Crippen LogP contribution in [0.25, 0.3) is 54.5 Å². The molecule has 1 nitrogen and oxygen atoms in total. The molecule has 1 aromatic heterocycles. The summed E-state index contributed by atoms with van der Waals surface area (Å²) in [5.74, 6) is 0. The maximum Gasteiger partial charge on any atom is 0.0491 e. The molecule has 0 radical (unpaired) electrons. The standard InChI is InChI=1S/C34H33N/c1-2-3-4-5-6-13-22-35-32-19-12-11-18-30(32)31-24-27(20-21-33(31)35)34-28-16-9-7-14-25(28)23-26-15-8-10-17-29(26)34/h7-12,14-21,23-24H,2-6,13,22H2,1H3. The summed E-state index contributed by atoms with van der Waals surface area (Å²) >= 11 is 0. The fourth-order valence-electron chi connectivity index (χ4n) is 5.83. The summed E-state index contributed by atoms with van der Waals surface area (Å²) in [7, 11) is 0. The summed E-state index contributed by atoms with van der Waals surface area (Å²) in [6.45, 7) is 3.38. The van der Waals surface area contributed by atoms with Crippen LogP contribution in [0.2, 0.25) is 0 Å². The molecule has 0 fully saturated rings. The minimum Gasteiger partial charge on any atom is -0.340 e. The number of hydrogen-bond donors (Lipinski definition) is 0. The Morgan fingerprint density at radius 2 is 1.11 bits per heavy atom. The summed E-state index contributed by atoms with van der Waals surface area (Å²) < 4.78 is 2.55. The van der Waals surface area contributed by atoms with Gasteiger partial charge in [-0.05, 0) is 63.4 Å². The van der Waals surface area contributed by atoms with Crippen molar-refractivity contribution in [2.75, 3.05) is 0 Å². The quantitative estimate of drug-likeness (QED) is 0.159. The SMILES string of the molecule is CCCCCCCCn1c2ccccc2c2cc(-c3c4ccccc4cc4ccccc34)ccc21. The fraction of sp³-hybridized carbons (Fsp3) is 0.235. The van der Waals surface area contributed by atoms with E-state index >= 15 is 0 Å². The Bertz CT molecular complexity index is 1580. The van der Waals surface area contributed by atoms with Crippen molar-refractivity contribution in [2.24, 2.45) is 0 Å². The maximum absolute atomic E-state index is 2.55. The molecule has 35 heavy (non-hydrogen) atoms. The molecule has 0 aliphatic carbocycles. The Morgan fingerprint density at radius 3 is 1.86 bits per heavy atom. The fourth-order valence-corrected chi connectivity index (χ4v) is 5.83. The van der Waals surface area contributed by atoms with Gasteiger partial charge in [0.15, 0.2) is 0 Å². The summed E-state index contributed by atoms with van der Waals surface area (Å²) in [6.07, 6.45) is 7.94. The Kier molecular flexibility index (Phi) is 6.00. The van der Waals surface area contributed by atoms with Crippen molar-refractivity contribution < 1.29 is 0 Å². The van der Waals surface area contributed by atoms with Gasteiger partial charge in [0.1, 0.15) is 0 Å². The third-order valence-corrected chi connectivity index (χ3v) is 7.57. The lowest BCUT2D eigenvalue weighted by Gasteiger charge is -2.13. The first kappa shape index (κ1) is 21.9. The van der Waals surface area contributed by atoms with E-state index in [1.165, 1.54) is 93.0 Å². The van der Waals surface area contributed by atoms with Gasteiger partial charge in [-0.15, -0.1) is 0 Å². The second-order valence-corrected chi connectivity index (χ2v) is 9.86. The number of rotatable bonds is 8. The zero-order valence-electron chi connectivity index (χ0n) is 20.6. The van der Waals surface area contributed by atoms with E-state index in [4.69, 9.17) is 0 Å². The van der Waals surface area contributed by atoms with E-state index in [1.54, 1.807) is 0 Å². The third-order valence-electron chi connectivity index (χ3n) is 7.57. The smallest absolute Gasteiger partial charge is 0.0491 e. The Morgan fingerprint density at radius 1 is 0.514 bits per heavy atom. The lowest BCUT2D eigenvalue weighted by Crippen LogP contribution is -1.97. The molecule has 0 saturated heterocycles. The predicted molar refractivity (Wildman–Crippen MR) is 153 cm³/mol. The first-order chi connectivity index (χ1) is 17.3. The molecule has 0 spiro atoms. The third kappa shape index (κ3) is 4.00. The molecular weight excluding hydrogens is 422 g/mol. The van der Waals surface area contributed by atoms with E-state index in [2.05, 4.69) is 109 Å². The van der Waals surface area contributed by atoms with Crippen LogP contribution in [0.15, 0.2) is 97.1 Å². The molecule has 0 aliphatic rings. The molecule has 0 bridgehead atoms. The van der Waals surface area contributed by atoms with Crippen molar-refractivity contribution in [2.45, 2.75) is 52.0 Å². The zero-order chi connectivity index (χ0) is 23.6. The monoisotopic (exact) mass is 455 g/mol. The molecule has 0 aliphatic heterocycles. The number of unbranched alkanes of at least 4 members (excludes halogenated alkanes) is 5. The minimum atomic E-state index is 1.09. The van der Waals surface area contributed by atoms with Crippen LogP contribution in [0.3, 0.4) is 0 Å². The highest BCUT2D eigenvalue weighted by atomic mass is 15.0. The van der Waals surface area contributed by atoms with Crippen LogP contribution >= 0.6 is 0 Å². The molecular formula is C34H33N. The molecule has 0 saturated carbocycles. The lowest BCUT2D eigenvalue weighted by molar-refractivity contribution is 0.571. The average Bonchev–Trinajstić information content (AvgIpc) is 3.22. The molecule has 1 heterocycles. The van der Waals surface area contributed by atoms with E-state index in [0.717, 1.165) is 6.54 Å². The van der Waals surface area contributed by atoms with Crippen LogP contribution in [0.1, 0.15) is 45.4 Å². The first-order valence-corrected chi connectivity index (χ1v) is 13.3. The van der Waals surface area contributed by atoms with Gasteiger partial charge in [-0.3, -0.25) is 0 Å². The van der Waals surface area contributed by atoms with Crippen LogP contribution < -0.4 is 0 Å². The Labute approximate surface area is 208 Å². The summed E-state index contributed by atoms with van der Waals surface area (Å²) in [6, 6.07) is 36.0. The maximum atomic E-state index is 2.55. The summed E-state index contributed by atoms with van der Waals surface area (Å²) in [4.78, 5) is 0. The molecule has 0 amide bonds. The summed E-state index contributed by atoms with van der Waals surface area (Å²) in [5.41, 5.74) is 5.35. The van der Waals surface area contributed by atoms with Gasteiger partial charge in [-0.25, -0.2) is 0 Å². The molecule has 6 rings (SSSR count). The normalized spacial score (nSPS) is 11.8. The zero-order valence-corrected chi connectivity index (χ0v) is 20.6. The number of hydrogen-bond acceptors (Lipinski definition) is 0. The van der Waals surface area contributed by atoms with Crippen LogP contribution in [0.4, 0.5) is 0 Å². The van der Waals surface area contributed by atoms with Gasteiger partial charge < -0.3 is 4.57 Å². The van der Waals surface area contributed by atoms with Gasteiger partial charge in [0.05, 0.1) is 0 Å². The molecule has 0 N–H and O–H groups in total. The minimum absolute atomic E-state index is 1.09. The number of para-hydroxylation sites is 1. The highest BCUT2D eigenvalue weighted by Crippen LogP contribution is 2.39. The van der Waals surface area contributed by atoms with Gasteiger partial charge in [0.25, 0.3) is 0 Å². The molecule has 5 aromatic carbocycles. The van der Waals surface area contributed by atoms with Gasteiger partial charge in [-0.2, -0.15) is 0 Å². The van der Waals surface area contributed by atoms with Gasteiger partial charge in [-0.1, -0.05) is 112 Å². The average molecular weight is 456 g/mol. The van der Waals surface area contributed by atoms with Gasteiger partial charge >= 0.3 is 0 Å². The van der Waals surface area contributed by atoms with Crippen molar-refractivity contribution in [1.82, 2.24) is 4.57 Å². The van der Waals surface area contributed by atoms with Crippen molar-refractivity contribution >= 4 is 43.4 Å². The van der Waals surface area contributed by atoms with Gasteiger partial charge in [0, 0.05) is 28.4 Å². The number of nitrogens with zero attached hydrogens (tertiary/aromatic N) is 1. The number of aryl methyl sites for hydroxylation is 1. The number of fused-ring (bicyclic) bond motifs is 5. The number of aromatic nitrogens is 1. The van der Waals surface area contributed by atoms with E-state index < -0.39 is 0 Å². The van der Waals surface area contributed by atoms with Crippen LogP contribution in [-0.4, -0.2) is 4.57 Å². The summed E-state index contributed by atoms with van der Waals surface area (Å²) in [5, 5.41) is 7.96. The van der Waals surface area contributed by atoms with E-state index in [0.29, 0.717) is 0 Å². The molecule has 0 unspecified atom stereocenters. The molecule has 1 heteroatoms. The predicted octanol–water partition coefficient (Wildman–Crippen LogP) is 10.1. The highest BCUT2D eigenvalue weighted by Gasteiger charge is 2.14. The van der Waals surface area contributed by atoms with Crippen molar-refractivity contribution in [3.8, 4) is 11.1 Å². The van der Waals surface area contributed by atoms with Gasteiger partial charge in [0.2, 0.25) is 0 Å². The lowest BCUT2D eigenvalue weighted by atomic mass is 9.91. The molecule has 174 valence electrons. The largest absolute Gasteiger partial charge is 0.340 e. The van der Waals surface area contributed by atoms with Crippen LogP contribution in [0.5, 0.6) is 0 Å². The molecule has 6 aromatic rings. The second-order valence-electron chi connectivity index (χ2n) is 9.86. The van der Waals surface area contributed by atoms with Crippen molar-refractivity contribution in [3.05, 3.63) is 97.1 Å². The highest BCUT2D eigenvalue weighted by molar-refractivity contribution is 6.15. The van der Waals surface area contributed by atoms with Crippen molar-refractivity contribution in [1.29, 1.82) is 0 Å². The Hall–Kier alpha value is -3.58. The number of benzene rings is 5. The van der Waals surface area contributed by atoms with Crippen LogP contribution in [-0.2, 0) is 6.54 Å². The van der Waals surface area contributed by atoms with Crippen LogP contribution in [0, 0.1) is 0 Å². The van der Waals surface area contributed by atoms with Crippen molar-refractivity contribution in [3.63, 3.8) is 0 Å². The first-order valence-electron chi connectivity index (χ1n) is 13.3. The molecule has 0 atom stereocenters.